The predicted octanol–water partition coefficient (Wildman–Crippen LogP) is 3.45. The minimum Gasteiger partial charge on any atom is -0.311 e. The van der Waals surface area contributed by atoms with Crippen molar-refractivity contribution in [2.75, 3.05) is 0 Å². The third-order valence-corrected chi connectivity index (χ3v) is 3.91. The molecule has 1 rings (SSSR count). The molecule has 0 aromatic carbocycles. The third kappa shape index (κ3) is 3.27. The molecule has 0 aliphatic heterocycles. The van der Waals surface area contributed by atoms with Gasteiger partial charge in [0.1, 0.15) is 0 Å². The zero-order valence-electron chi connectivity index (χ0n) is 10.5. The van der Waals surface area contributed by atoms with E-state index in [4.69, 9.17) is 0 Å². The van der Waals surface area contributed by atoms with Crippen LogP contribution in [0.4, 0.5) is 0 Å². The molecule has 1 nitrogen and oxygen atoms in total. The van der Waals surface area contributed by atoms with Crippen molar-refractivity contribution in [1.29, 1.82) is 0 Å². The molecular weight excluding hydrogens is 170 g/mol. The first-order chi connectivity index (χ1) is 6.50. The second-order valence-corrected chi connectivity index (χ2v) is 5.70. The second-order valence-electron chi connectivity index (χ2n) is 5.70. The summed E-state index contributed by atoms with van der Waals surface area (Å²) in [6.07, 6.45) is 4.19. The lowest BCUT2D eigenvalue weighted by atomic mass is 9.79. The summed E-state index contributed by atoms with van der Waals surface area (Å²) in [7, 11) is 0. The fourth-order valence-electron chi connectivity index (χ4n) is 2.44. The minimum atomic E-state index is 0.663. The maximum absolute atomic E-state index is 3.79. The van der Waals surface area contributed by atoms with Crippen molar-refractivity contribution in [2.24, 2.45) is 17.8 Å². The number of nitrogens with one attached hydrogen (secondary N) is 1. The van der Waals surface area contributed by atoms with Crippen LogP contribution in [0.3, 0.4) is 0 Å². The highest BCUT2D eigenvalue weighted by molar-refractivity contribution is 4.83. The molecule has 0 aromatic heterocycles. The molecule has 1 fully saturated rings. The van der Waals surface area contributed by atoms with Crippen molar-refractivity contribution in [3.8, 4) is 0 Å². The maximum atomic E-state index is 3.79. The van der Waals surface area contributed by atoms with Gasteiger partial charge in [0.25, 0.3) is 0 Å². The molecule has 4 unspecified atom stereocenters. The molecule has 0 heterocycles. The van der Waals surface area contributed by atoms with Gasteiger partial charge in [-0.2, -0.15) is 0 Å². The highest BCUT2D eigenvalue weighted by atomic mass is 15.0. The molecule has 1 aliphatic carbocycles. The maximum Gasteiger partial charge on any atom is 0.00954 e. The van der Waals surface area contributed by atoms with E-state index in [1.165, 1.54) is 19.3 Å². The van der Waals surface area contributed by atoms with Crippen LogP contribution in [0, 0.1) is 17.8 Å². The molecule has 0 bridgehead atoms. The minimum absolute atomic E-state index is 0.663. The smallest absolute Gasteiger partial charge is 0.00954 e. The van der Waals surface area contributed by atoms with Crippen LogP contribution in [-0.2, 0) is 0 Å². The molecule has 14 heavy (non-hydrogen) atoms. The first-order valence-electron chi connectivity index (χ1n) is 6.26. The summed E-state index contributed by atoms with van der Waals surface area (Å²) >= 11 is 0. The first-order valence-corrected chi connectivity index (χ1v) is 6.26. The van der Waals surface area contributed by atoms with E-state index in [0.29, 0.717) is 6.04 Å². The Kier molecular flexibility index (Phi) is 4.43. The van der Waals surface area contributed by atoms with E-state index in [1.807, 2.05) is 0 Å². The van der Waals surface area contributed by atoms with E-state index >= 15 is 0 Å². The van der Waals surface area contributed by atoms with Crippen molar-refractivity contribution in [3.63, 3.8) is 0 Å². The summed E-state index contributed by atoms with van der Waals surface area (Å²) in [4.78, 5) is 0. The molecule has 0 aromatic rings. The number of hydrogen-bond acceptors (Lipinski definition) is 1. The Labute approximate surface area is 89.7 Å². The molecule has 1 saturated carbocycles. The van der Waals surface area contributed by atoms with Gasteiger partial charge >= 0.3 is 0 Å². The first kappa shape index (κ1) is 12.0. The molecule has 0 spiro atoms. The van der Waals surface area contributed by atoms with E-state index in [-0.39, 0.29) is 0 Å². The Morgan fingerprint density at radius 1 is 1.07 bits per heavy atom. The molecule has 1 N–H and O–H groups in total. The van der Waals surface area contributed by atoms with Gasteiger partial charge in [-0.05, 0) is 43.9 Å². The molecule has 0 saturated heterocycles. The number of hydrogen-bond donors (Lipinski definition) is 1. The van der Waals surface area contributed by atoms with Gasteiger partial charge in [-0.25, -0.2) is 0 Å². The van der Waals surface area contributed by atoms with Crippen LogP contribution in [0.1, 0.15) is 53.9 Å². The van der Waals surface area contributed by atoms with E-state index in [1.54, 1.807) is 0 Å². The highest BCUT2D eigenvalue weighted by Gasteiger charge is 2.26. The van der Waals surface area contributed by atoms with Crippen LogP contribution < -0.4 is 5.32 Å². The monoisotopic (exact) mass is 197 g/mol. The Morgan fingerprint density at radius 2 is 1.71 bits per heavy atom. The normalized spacial score (nSPS) is 36.0. The third-order valence-electron chi connectivity index (χ3n) is 3.91. The van der Waals surface area contributed by atoms with Crippen LogP contribution >= 0.6 is 0 Å². The Balaban J connectivity index is 2.37. The average Bonchev–Trinajstić information content (AvgIpc) is 2.09. The topological polar surface area (TPSA) is 12.0 Å². The van der Waals surface area contributed by atoms with Crippen LogP contribution in [0.15, 0.2) is 0 Å². The summed E-state index contributed by atoms with van der Waals surface area (Å²) < 4.78 is 0. The average molecular weight is 197 g/mol. The van der Waals surface area contributed by atoms with E-state index in [2.05, 4.69) is 39.9 Å². The quantitative estimate of drug-likeness (QED) is 0.731. The highest BCUT2D eigenvalue weighted by Crippen LogP contribution is 2.29. The molecule has 0 amide bonds. The molecule has 4 atom stereocenters. The molecular formula is C13H27N. The Morgan fingerprint density at radius 3 is 2.21 bits per heavy atom. The summed E-state index contributed by atoms with van der Waals surface area (Å²) in [6, 6.07) is 1.43. The SMILES string of the molecule is CC1CCC(NC(C)C(C)C)C(C)C1. The van der Waals surface area contributed by atoms with Gasteiger partial charge in [-0.1, -0.05) is 27.7 Å². The van der Waals surface area contributed by atoms with Gasteiger partial charge in [0.2, 0.25) is 0 Å². The van der Waals surface area contributed by atoms with Gasteiger partial charge in [-0.15, -0.1) is 0 Å². The van der Waals surface area contributed by atoms with Crippen LogP contribution in [0.5, 0.6) is 0 Å². The molecule has 1 aliphatic rings. The van der Waals surface area contributed by atoms with Crippen molar-refractivity contribution in [1.82, 2.24) is 5.32 Å². The summed E-state index contributed by atoms with van der Waals surface area (Å²) in [5.41, 5.74) is 0. The predicted molar refractivity (Wildman–Crippen MR) is 63.4 cm³/mol. The zero-order valence-corrected chi connectivity index (χ0v) is 10.5. The van der Waals surface area contributed by atoms with E-state index in [0.717, 1.165) is 23.8 Å². The second kappa shape index (κ2) is 5.16. The van der Waals surface area contributed by atoms with Gasteiger partial charge in [-0.3, -0.25) is 0 Å². The fourth-order valence-corrected chi connectivity index (χ4v) is 2.44. The van der Waals surface area contributed by atoms with Gasteiger partial charge < -0.3 is 5.32 Å². The largest absolute Gasteiger partial charge is 0.311 e. The van der Waals surface area contributed by atoms with E-state index in [9.17, 15) is 0 Å². The molecule has 1 heteroatoms. The summed E-state index contributed by atoms with van der Waals surface area (Å²) in [5, 5.41) is 3.79. The van der Waals surface area contributed by atoms with Crippen molar-refractivity contribution < 1.29 is 0 Å². The van der Waals surface area contributed by atoms with Crippen LogP contribution in [0.25, 0.3) is 0 Å². The van der Waals surface area contributed by atoms with Gasteiger partial charge in [0, 0.05) is 12.1 Å². The van der Waals surface area contributed by atoms with Crippen LogP contribution in [-0.4, -0.2) is 12.1 Å². The fraction of sp³-hybridized carbons (Fsp3) is 1.00. The number of rotatable bonds is 3. The van der Waals surface area contributed by atoms with E-state index < -0.39 is 0 Å². The van der Waals surface area contributed by atoms with Gasteiger partial charge in [0.15, 0.2) is 0 Å². The van der Waals surface area contributed by atoms with Gasteiger partial charge in [0.05, 0.1) is 0 Å². The Hall–Kier alpha value is -0.0400. The van der Waals surface area contributed by atoms with Crippen LogP contribution in [0.2, 0.25) is 0 Å². The standard InChI is InChI=1S/C13H27N/c1-9(2)12(5)14-13-7-6-10(3)8-11(13)4/h9-14H,6-8H2,1-5H3. The summed E-state index contributed by atoms with van der Waals surface area (Å²) in [5.74, 6) is 2.55. The van der Waals surface area contributed by atoms with Crippen molar-refractivity contribution in [2.45, 2.75) is 66.0 Å². The lowest BCUT2D eigenvalue weighted by molar-refractivity contribution is 0.204. The molecule has 84 valence electrons. The summed E-state index contributed by atoms with van der Waals surface area (Å²) in [6.45, 7) is 11.7. The lowest BCUT2D eigenvalue weighted by Gasteiger charge is -2.36. The van der Waals surface area contributed by atoms with Crippen molar-refractivity contribution in [3.05, 3.63) is 0 Å². The van der Waals surface area contributed by atoms with Crippen molar-refractivity contribution >= 4 is 0 Å². The zero-order chi connectivity index (χ0) is 10.7. The molecule has 0 radical (unpaired) electrons. The Bertz CT molecular complexity index is 165. The lowest BCUT2D eigenvalue weighted by Crippen LogP contribution is -2.45.